The van der Waals surface area contributed by atoms with Gasteiger partial charge >= 0.3 is 0 Å². The number of nitrogens with zero attached hydrogens (tertiary/aromatic N) is 2. The van der Waals surface area contributed by atoms with E-state index < -0.39 is 0 Å². The summed E-state index contributed by atoms with van der Waals surface area (Å²) in [6.07, 6.45) is 1.88. The Balaban J connectivity index is 1.44. The molecule has 2 fully saturated rings. The summed E-state index contributed by atoms with van der Waals surface area (Å²) >= 11 is 0. The number of nitrogens with one attached hydrogen (secondary N) is 1. The minimum Gasteiger partial charge on any atom is -0.369 e. The summed E-state index contributed by atoms with van der Waals surface area (Å²) in [6.45, 7) is 11.5. The van der Waals surface area contributed by atoms with E-state index in [-0.39, 0.29) is 16.7 Å². The Morgan fingerprint density at radius 1 is 0.967 bits per heavy atom. The fraction of sp³-hybridized carbons (Fsp3) is 0.500. The highest BCUT2D eigenvalue weighted by Crippen LogP contribution is 2.48. The second kappa shape index (κ2) is 8.07. The van der Waals surface area contributed by atoms with E-state index in [1.807, 2.05) is 0 Å². The van der Waals surface area contributed by atoms with Crippen molar-refractivity contribution in [2.24, 2.45) is 0 Å². The molecular weight excluding hydrogens is 370 g/mol. The van der Waals surface area contributed by atoms with Crippen LogP contribution in [-0.4, -0.2) is 44.0 Å². The van der Waals surface area contributed by atoms with E-state index in [0.717, 1.165) is 44.6 Å². The van der Waals surface area contributed by atoms with Gasteiger partial charge in [-0.1, -0.05) is 63.2 Å². The molecule has 1 heterocycles. The first-order valence-corrected chi connectivity index (χ1v) is 11.2. The van der Waals surface area contributed by atoms with Crippen LogP contribution in [0.4, 0.5) is 5.69 Å². The van der Waals surface area contributed by atoms with Crippen molar-refractivity contribution >= 4 is 11.6 Å². The van der Waals surface area contributed by atoms with Crippen LogP contribution < -0.4 is 10.2 Å². The lowest BCUT2D eigenvalue weighted by molar-refractivity contribution is -0.123. The highest BCUT2D eigenvalue weighted by molar-refractivity contribution is 5.91. The Morgan fingerprint density at radius 2 is 1.60 bits per heavy atom. The van der Waals surface area contributed by atoms with Gasteiger partial charge in [-0.3, -0.25) is 4.79 Å². The third kappa shape index (κ3) is 4.24. The first-order chi connectivity index (χ1) is 14.3. The first kappa shape index (κ1) is 20.9. The van der Waals surface area contributed by atoms with Crippen LogP contribution in [0.1, 0.15) is 50.3 Å². The molecule has 160 valence electrons. The van der Waals surface area contributed by atoms with Crippen molar-refractivity contribution < 1.29 is 4.79 Å². The van der Waals surface area contributed by atoms with Crippen molar-refractivity contribution in [3.63, 3.8) is 0 Å². The lowest BCUT2D eigenvalue weighted by Crippen LogP contribution is -2.45. The molecule has 30 heavy (non-hydrogen) atoms. The molecule has 1 saturated heterocycles. The normalized spacial score (nSPS) is 18.9. The monoisotopic (exact) mass is 405 g/mol. The average Bonchev–Trinajstić information content (AvgIpc) is 3.54. The van der Waals surface area contributed by atoms with Crippen LogP contribution in [0.25, 0.3) is 0 Å². The minimum absolute atomic E-state index is 0.129. The zero-order valence-electron chi connectivity index (χ0n) is 18.9. The quantitative estimate of drug-likeness (QED) is 0.814. The van der Waals surface area contributed by atoms with Crippen molar-refractivity contribution in [2.45, 2.75) is 51.0 Å². The van der Waals surface area contributed by atoms with Crippen LogP contribution in [0.3, 0.4) is 0 Å². The van der Waals surface area contributed by atoms with Gasteiger partial charge in [0.2, 0.25) is 5.91 Å². The average molecular weight is 406 g/mol. The number of hydrogen-bond donors (Lipinski definition) is 1. The third-order valence-electron chi connectivity index (χ3n) is 6.76. The number of amides is 1. The standard InChI is InChI=1S/C26H35N3O/c1-25(2,3)21-9-11-22(12-10-21)26(13-14-26)24(30)27-19-20-7-5-6-8-23(20)29-17-15-28(4)16-18-29/h5-12H,13-19H2,1-4H3,(H,27,30). The molecule has 4 nitrogen and oxygen atoms in total. The van der Waals surface area contributed by atoms with Crippen LogP contribution in [-0.2, 0) is 22.2 Å². The van der Waals surface area contributed by atoms with Gasteiger partial charge in [-0.2, -0.15) is 0 Å². The van der Waals surface area contributed by atoms with Crippen LogP contribution >= 0.6 is 0 Å². The van der Waals surface area contributed by atoms with E-state index in [1.54, 1.807) is 0 Å². The summed E-state index contributed by atoms with van der Waals surface area (Å²) in [4.78, 5) is 18.0. The van der Waals surface area contributed by atoms with Gasteiger partial charge in [0.25, 0.3) is 0 Å². The fourth-order valence-corrected chi connectivity index (χ4v) is 4.42. The van der Waals surface area contributed by atoms with Crippen molar-refractivity contribution in [2.75, 3.05) is 38.1 Å². The summed E-state index contributed by atoms with van der Waals surface area (Å²) in [5.74, 6) is 0.166. The number of rotatable bonds is 5. The second-order valence-electron chi connectivity index (χ2n) is 10.0. The zero-order chi connectivity index (χ0) is 21.4. The Morgan fingerprint density at radius 3 is 2.20 bits per heavy atom. The van der Waals surface area contributed by atoms with Gasteiger partial charge in [-0.15, -0.1) is 0 Å². The molecule has 2 aromatic carbocycles. The van der Waals surface area contributed by atoms with Crippen molar-refractivity contribution in [3.05, 3.63) is 65.2 Å². The highest BCUT2D eigenvalue weighted by Gasteiger charge is 2.51. The molecule has 0 aromatic heterocycles. The number of likely N-dealkylation sites (N-methyl/N-ethyl adjacent to an activating group) is 1. The number of para-hydroxylation sites is 1. The molecular formula is C26H35N3O. The van der Waals surface area contributed by atoms with E-state index in [4.69, 9.17) is 0 Å². The van der Waals surface area contributed by atoms with Gasteiger partial charge < -0.3 is 15.1 Å². The maximum absolute atomic E-state index is 13.2. The number of anilines is 1. The number of hydrogen-bond acceptors (Lipinski definition) is 3. The fourth-order valence-electron chi connectivity index (χ4n) is 4.42. The molecule has 0 atom stereocenters. The van der Waals surface area contributed by atoms with E-state index in [1.165, 1.54) is 16.8 Å². The van der Waals surface area contributed by atoms with Crippen molar-refractivity contribution in [1.29, 1.82) is 0 Å². The van der Waals surface area contributed by atoms with E-state index in [9.17, 15) is 4.79 Å². The van der Waals surface area contributed by atoms with Gasteiger partial charge in [0.05, 0.1) is 5.41 Å². The molecule has 2 aliphatic rings. The predicted octanol–water partition coefficient (Wildman–Crippen LogP) is 4.08. The summed E-state index contributed by atoms with van der Waals surface area (Å²) in [5.41, 5.74) is 4.72. The lowest BCUT2D eigenvalue weighted by Gasteiger charge is -2.35. The van der Waals surface area contributed by atoms with Crippen molar-refractivity contribution in [3.8, 4) is 0 Å². The summed E-state index contributed by atoms with van der Waals surface area (Å²) in [7, 11) is 2.17. The maximum Gasteiger partial charge on any atom is 0.230 e. The molecule has 1 aliphatic heterocycles. The Hall–Kier alpha value is -2.33. The first-order valence-electron chi connectivity index (χ1n) is 11.2. The molecule has 1 N–H and O–H groups in total. The second-order valence-corrected chi connectivity index (χ2v) is 10.0. The molecule has 1 amide bonds. The van der Waals surface area contributed by atoms with Crippen LogP contribution in [0.5, 0.6) is 0 Å². The zero-order valence-corrected chi connectivity index (χ0v) is 18.9. The van der Waals surface area contributed by atoms with Crippen molar-refractivity contribution in [1.82, 2.24) is 10.2 Å². The molecule has 0 spiro atoms. The number of carbonyl (C=O) groups is 1. The van der Waals surface area contributed by atoms with Gasteiger partial charge in [0.1, 0.15) is 0 Å². The molecule has 0 bridgehead atoms. The molecule has 1 saturated carbocycles. The summed E-state index contributed by atoms with van der Waals surface area (Å²) in [6, 6.07) is 17.2. The maximum atomic E-state index is 13.2. The number of carbonyl (C=O) groups excluding carboxylic acids is 1. The van der Waals surface area contributed by atoms with E-state index in [2.05, 4.69) is 91.5 Å². The molecule has 0 unspecified atom stereocenters. The summed E-state index contributed by atoms with van der Waals surface area (Å²) < 4.78 is 0. The Kier molecular flexibility index (Phi) is 5.63. The Bertz CT molecular complexity index is 885. The Labute approximate surface area is 181 Å². The number of benzene rings is 2. The van der Waals surface area contributed by atoms with Gasteiger partial charge in [-0.05, 0) is 48.1 Å². The highest BCUT2D eigenvalue weighted by atomic mass is 16.2. The SMILES string of the molecule is CN1CCN(c2ccccc2CNC(=O)C2(c3ccc(C(C)(C)C)cc3)CC2)CC1. The molecule has 2 aromatic rings. The van der Waals surface area contributed by atoms with E-state index in [0.29, 0.717) is 6.54 Å². The van der Waals surface area contributed by atoms with Crippen LogP contribution in [0.15, 0.2) is 48.5 Å². The summed E-state index contributed by atoms with van der Waals surface area (Å²) in [5, 5.41) is 3.26. The number of piperazine rings is 1. The minimum atomic E-state index is -0.334. The van der Waals surface area contributed by atoms with E-state index >= 15 is 0 Å². The van der Waals surface area contributed by atoms with Gasteiger partial charge in [-0.25, -0.2) is 0 Å². The van der Waals surface area contributed by atoms with Gasteiger partial charge in [0.15, 0.2) is 0 Å². The molecule has 4 rings (SSSR count). The lowest BCUT2D eigenvalue weighted by atomic mass is 9.85. The largest absolute Gasteiger partial charge is 0.369 e. The predicted molar refractivity (Wildman–Crippen MR) is 124 cm³/mol. The van der Waals surface area contributed by atoms with Crippen LogP contribution in [0, 0.1) is 0 Å². The topological polar surface area (TPSA) is 35.6 Å². The third-order valence-corrected chi connectivity index (χ3v) is 6.76. The molecule has 4 heteroatoms. The molecule has 1 aliphatic carbocycles. The van der Waals surface area contributed by atoms with Gasteiger partial charge in [0, 0.05) is 38.4 Å². The van der Waals surface area contributed by atoms with Crippen LogP contribution in [0.2, 0.25) is 0 Å². The molecule has 0 radical (unpaired) electrons. The smallest absolute Gasteiger partial charge is 0.230 e.